The third-order valence-corrected chi connectivity index (χ3v) is 13.5. The van der Waals surface area contributed by atoms with E-state index in [4.69, 9.17) is 4.98 Å². The molecule has 0 fully saturated rings. The number of benzene rings is 9. The second-order valence-corrected chi connectivity index (χ2v) is 17.6. The summed E-state index contributed by atoms with van der Waals surface area (Å²) in [6.45, 7) is 0. The van der Waals surface area contributed by atoms with E-state index in [-0.39, 0.29) is 0 Å². The van der Waals surface area contributed by atoms with Crippen LogP contribution < -0.4 is 0 Å². The number of nitrogens with zero attached hydrogens (tertiary/aromatic N) is 8. The molecule has 12 rings (SSSR count). The van der Waals surface area contributed by atoms with E-state index in [9.17, 15) is 26.3 Å². The molecule has 0 saturated heterocycles. The Kier molecular flexibility index (Phi) is 10.3. The van der Waals surface area contributed by atoms with Gasteiger partial charge in [0.15, 0.2) is 0 Å². The molecule has 330 valence electrons. The number of aromatic nitrogens is 3. The first-order chi connectivity index (χ1) is 35.4. The van der Waals surface area contributed by atoms with Crippen molar-refractivity contribution < 1.29 is 0 Å². The molecule has 0 spiro atoms. The van der Waals surface area contributed by atoms with Gasteiger partial charge in [-0.2, -0.15) is 26.3 Å². The van der Waals surface area contributed by atoms with Crippen molar-refractivity contribution in [1.82, 2.24) is 14.1 Å². The monoisotopic (exact) mass is 914 g/mol. The van der Waals surface area contributed by atoms with Crippen LogP contribution in [0.15, 0.2) is 207 Å². The van der Waals surface area contributed by atoms with Gasteiger partial charge in [-0.3, -0.25) is 4.98 Å². The van der Waals surface area contributed by atoms with E-state index in [1.54, 1.807) is 30.5 Å². The van der Waals surface area contributed by atoms with Crippen LogP contribution >= 0.6 is 0 Å². The molecule has 9 aromatic carbocycles. The normalized spacial score (nSPS) is 11.0. The molecule has 72 heavy (non-hydrogen) atoms. The van der Waals surface area contributed by atoms with Gasteiger partial charge in [0.2, 0.25) is 0 Å². The molecule has 0 unspecified atom stereocenters. The summed E-state index contributed by atoms with van der Waals surface area (Å²) in [7, 11) is 0. The van der Waals surface area contributed by atoms with Crippen LogP contribution in [0.25, 0.3) is 111 Å². The van der Waals surface area contributed by atoms with Crippen LogP contribution in [-0.2, 0) is 0 Å². The van der Waals surface area contributed by atoms with Gasteiger partial charge in [0.25, 0.3) is 0 Å². The fourth-order valence-corrected chi connectivity index (χ4v) is 10.2. The molecule has 0 aliphatic heterocycles. The number of hydrogen-bond acceptors (Lipinski definition) is 6. The first-order valence-corrected chi connectivity index (χ1v) is 23.1. The topological polar surface area (TPSA) is 142 Å². The van der Waals surface area contributed by atoms with Crippen LogP contribution in [0.1, 0.15) is 27.8 Å². The van der Waals surface area contributed by atoms with Gasteiger partial charge in [-0.15, -0.1) is 0 Å². The highest BCUT2D eigenvalue weighted by Gasteiger charge is 2.23. The van der Waals surface area contributed by atoms with Crippen molar-refractivity contribution in [2.45, 2.75) is 0 Å². The lowest BCUT2D eigenvalue weighted by atomic mass is 9.99. The predicted octanol–water partition coefficient (Wildman–Crippen LogP) is 15.0. The number of rotatable bonds is 7. The van der Waals surface area contributed by atoms with Crippen molar-refractivity contribution in [3.05, 3.63) is 234 Å². The maximum Gasteiger partial charge on any atom is 0.0992 e. The van der Waals surface area contributed by atoms with Gasteiger partial charge in [-0.1, -0.05) is 78.9 Å². The van der Waals surface area contributed by atoms with Gasteiger partial charge in [-0.25, -0.2) is 0 Å². The molecule has 3 heterocycles. The van der Waals surface area contributed by atoms with E-state index in [0.29, 0.717) is 27.8 Å². The summed E-state index contributed by atoms with van der Waals surface area (Å²) in [5.41, 5.74) is 17.4. The van der Waals surface area contributed by atoms with Crippen LogP contribution in [-0.4, -0.2) is 14.1 Å². The second kappa shape index (κ2) is 17.4. The zero-order valence-electron chi connectivity index (χ0n) is 38.2. The van der Waals surface area contributed by atoms with Crippen molar-refractivity contribution in [2.75, 3.05) is 0 Å². The van der Waals surface area contributed by atoms with Gasteiger partial charge < -0.3 is 9.13 Å². The van der Waals surface area contributed by atoms with E-state index in [1.165, 1.54) is 0 Å². The highest BCUT2D eigenvalue weighted by molar-refractivity contribution is 6.14. The lowest BCUT2D eigenvalue weighted by Gasteiger charge is -2.18. The van der Waals surface area contributed by atoms with Crippen molar-refractivity contribution in [3.8, 4) is 97.4 Å². The van der Waals surface area contributed by atoms with Crippen LogP contribution in [0.4, 0.5) is 0 Å². The first kappa shape index (κ1) is 42.5. The number of fused-ring (bicyclic) bond motifs is 6. The minimum Gasteiger partial charge on any atom is -0.309 e. The zero-order valence-corrected chi connectivity index (χ0v) is 38.2. The third kappa shape index (κ3) is 7.17. The number of hydrogen-bond donors (Lipinski definition) is 0. The van der Waals surface area contributed by atoms with Crippen molar-refractivity contribution in [1.29, 1.82) is 26.3 Å². The van der Waals surface area contributed by atoms with Gasteiger partial charge in [0.1, 0.15) is 0 Å². The standard InChI is InChI=1S/C64H34N8/c65-34-40-5-1-9-45(25-40)49-14-19-59-55(30-49)56-31-50(46-10-2-6-41(26-46)35-66)15-20-60(56)71(59)63-29-44(38-69)13-18-53(63)54-23-24-70-39-64(54)72-61-21-16-51(47-11-3-7-42(27-47)36-67)32-57(61)58-33-52(17-22-62(58)72)48-12-4-8-43(28-48)37-68/h1-33,39H. The molecule has 0 N–H and O–H groups in total. The predicted molar refractivity (Wildman–Crippen MR) is 284 cm³/mol. The summed E-state index contributed by atoms with van der Waals surface area (Å²) >= 11 is 0. The molecule has 12 aromatic rings. The van der Waals surface area contributed by atoms with E-state index in [0.717, 1.165) is 111 Å². The summed E-state index contributed by atoms with van der Waals surface area (Å²) in [5, 5.41) is 53.6. The van der Waals surface area contributed by atoms with Gasteiger partial charge in [0.05, 0.1) is 97.8 Å². The van der Waals surface area contributed by atoms with Crippen LogP contribution in [0.3, 0.4) is 0 Å². The Hall–Kier alpha value is -10.8. The van der Waals surface area contributed by atoms with E-state index in [1.807, 2.05) is 103 Å². The Balaban J connectivity index is 1.11. The van der Waals surface area contributed by atoms with Gasteiger partial charge in [0, 0.05) is 38.9 Å². The lowest BCUT2D eigenvalue weighted by Crippen LogP contribution is -2.02. The Labute approximate surface area is 413 Å². The molecule has 0 atom stereocenters. The summed E-state index contributed by atoms with van der Waals surface area (Å²) in [6.07, 6.45) is 3.68. The second-order valence-electron chi connectivity index (χ2n) is 17.6. The molecule has 8 heteroatoms. The summed E-state index contributed by atoms with van der Waals surface area (Å²) in [6, 6.07) is 75.3. The van der Waals surface area contributed by atoms with E-state index in [2.05, 4.69) is 112 Å². The minimum absolute atomic E-state index is 0.493. The third-order valence-electron chi connectivity index (χ3n) is 13.5. The fourth-order valence-electron chi connectivity index (χ4n) is 10.2. The SMILES string of the molecule is N#Cc1cccc(-c2ccc3c(c2)c2cc(-c4cccc(C#N)c4)ccc2n3-c2cnccc2-c2ccc(C#N)cc2-n2c3ccc(-c4cccc(C#N)c4)cc3c3cc(-c4cccc(C#N)c4)ccc32)c1. The quantitative estimate of drug-likeness (QED) is 0.156. The largest absolute Gasteiger partial charge is 0.309 e. The average molecular weight is 915 g/mol. The van der Waals surface area contributed by atoms with Crippen molar-refractivity contribution in [3.63, 3.8) is 0 Å². The first-order valence-electron chi connectivity index (χ1n) is 23.1. The smallest absolute Gasteiger partial charge is 0.0992 e. The van der Waals surface area contributed by atoms with Gasteiger partial charge >= 0.3 is 0 Å². The van der Waals surface area contributed by atoms with E-state index < -0.39 is 0 Å². The minimum atomic E-state index is 0.493. The highest BCUT2D eigenvalue weighted by atomic mass is 15.0. The van der Waals surface area contributed by atoms with Crippen molar-refractivity contribution >= 4 is 43.6 Å². The lowest BCUT2D eigenvalue weighted by molar-refractivity contribution is 1.13. The maximum atomic E-state index is 10.5. The molecular weight excluding hydrogens is 881 g/mol. The van der Waals surface area contributed by atoms with Gasteiger partial charge in [-0.05, 0) is 160 Å². The Morgan fingerprint density at radius 1 is 0.292 bits per heavy atom. The Bertz CT molecular complexity index is 4250. The highest BCUT2D eigenvalue weighted by Crippen LogP contribution is 2.44. The maximum absolute atomic E-state index is 10.5. The summed E-state index contributed by atoms with van der Waals surface area (Å²) in [4.78, 5) is 4.76. The Morgan fingerprint density at radius 3 is 0.972 bits per heavy atom. The fraction of sp³-hybridized carbons (Fsp3) is 0. The van der Waals surface area contributed by atoms with E-state index >= 15 is 0 Å². The number of pyridine rings is 1. The number of nitriles is 5. The molecule has 3 aromatic heterocycles. The van der Waals surface area contributed by atoms with Crippen LogP contribution in [0.5, 0.6) is 0 Å². The molecule has 8 nitrogen and oxygen atoms in total. The molecule has 0 aliphatic carbocycles. The van der Waals surface area contributed by atoms with Crippen LogP contribution in [0.2, 0.25) is 0 Å². The average Bonchev–Trinajstić information content (AvgIpc) is 3.96. The summed E-state index contributed by atoms with van der Waals surface area (Å²) < 4.78 is 4.47. The molecule has 0 amide bonds. The Morgan fingerprint density at radius 2 is 0.611 bits per heavy atom. The van der Waals surface area contributed by atoms with Crippen molar-refractivity contribution in [2.24, 2.45) is 0 Å². The zero-order chi connectivity index (χ0) is 48.9. The molecule has 0 radical (unpaired) electrons. The summed E-state index contributed by atoms with van der Waals surface area (Å²) in [5.74, 6) is 0. The molecule has 0 bridgehead atoms. The van der Waals surface area contributed by atoms with Crippen LogP contribution in [0, 0.1) is 56.7 Å². The molecule has 0 aliphatic rings. The molecular formula is C64H34N8. The molecule has 0 saturated carbocycles.